The maximum absolute atomic E-state index is 5.66. The van der Waals surface area contributed by atoms with E-state index in [9.17, 15) is 0 Å². The molecule has 0 saturated carbocycles. The van der Waals surface area contributed by atoms with E-state index in [4.69, 9.17) is 4.74 Å². The van der Waals surface area contributed by atoms with Gasteiger partial charge in [0, 0.05) is 18.6 Å². The summed E-state index contributed by atoms with van der Waals surface area (Å²) >= 11 is 0. The van der Waals surface area contributed by atoms with E-state index < -0.39 is 0 Å². The summed E-state index contributed by atoms with van der Waals surface area (Å²) in [6.45, 7) is 5.80. The molecule has 112 valence electrons. The highest BCUT2D eigenvalue weighted by atomic mass is 16.5. The van der Waals surface area contributed by atoms with Crippen molar-refractivity contribution in [2.45, 2.75) is 32.7 Å². The van der Waals surface area contributed by atoms with Crippen molar-refractivity contribution in [3.63, 3.8) is 0 Å². The first-order valence-corrected chi connectivity index (χ1v) is 7.43. The van der Waals surface area contributed by atoms with Gasteiger partial charge in [0.25, 0.3) is 0 Å². The van der Waals surface area contributed by atoms with Crippen molar-refractivity contribution in [2.24, 2.45) is 0 Å². The van der Waals surface area contributed by atoms with Gasteiger partial charge in [-0.2, -0.15) is 0 Å². The van der Waals surface area contributed by atoms with Crippen molar-refractivity contribution in [1.82, 2.24) is 20.3 Å². The number of hydrogen-bond donors (Lipinski definition) is 1. The van der Waals surface area contributed by atoms with Gasteiger partial charge in [-0.15, -0.1) is 0 Å². The van der Waals surface area contributed by atoms with Gasteiger partial charge in [-0.3, -0.25) is 4.98 Å². The highest BCUT2D eigenvalue weighted by molar-refractivity contribution is 5.29. The fourth-order valence-corrected chi connectivity index (χ4v) is 2.00. The summed E-state index contributed by atoms with van der Waals surface area (Å²) in [5, 5.41) is 3.46. The lowest BCUT2D eigenvalue weighted by Gasteiger charge is -2.17. The number of hydrogen-bond acceptors (Lipinski definition) is 5. The topological polar surface area (TPSA) is 59.9 Å². The van der Waals surface area contributed by atoms with Gasteiger partial charge in [0.05, 0.1) is 18.8 Å². The van der Waals surface area contributed by atoms with Crippen LogP contribution in [-0.2, 0) is 0 Å². The zero-order chi connectivity index (χ0) is 14.9. The van der Waals surface area contributed by atoms with Crippen LogP contribution in [0.25, 0.3) is 0 Å². The zero-order valence-electron chi connectivity index (χ0n) is 12.6. The van der Waals surface area contributed by atoms with E-state index in [-0.39, 0.29) is 6.04 Å². The normalized spacial score (nSPS) is 12.1. The van der Waals surface area contributed by atoms with Gasteiger partial charge < -0.3 is 10.1 Å². The molecule has 0 aliphatic heterocycles. The van der Waals surface area contributed by atoms with Gasteiger partial charge >= 0.3 is 0 Å². The molecule has 2 aromatic rings. The van der Waals surface area contributed by atoms with E-state index in [0.29, 0.717) is 6.61 Å². The largest absolute Gasteiger partial charge is 0.492 e. The Hall–Kier alpha value is -2.01. The molecular formula is C16H22N4O. The lowest BCUT2D eigenvalue weighted by atomic mass is 10.1. The molecule has 2 aromatic heterocycles. The Balaban J connectivity index is 2.23. The maximum atomic E-state index is 5.66. The molecule has 0 saturated heterocycles. The highest BCUT2D eigenvalue weighted by Crippen LogP contribution is 2.22. The van der Waals surface area contributed by atoms with E-state index in [2.05, 4.69) is 34.1 Å². The van der Waals surface area contributed by atoms with Gasteiger partial charge in [0.1, 0.15) is 11.6 Å². The SMILES string of the molecule is CCCNC(c1cncc(OCCC)c1)c1ncccn1. The van der Waals surface area contributed by atoms with Crippen molar-refractivity contribution >= 4 is 0 Å². The van der Waals surface area contributed by atoms with Crippen LogP contribution in [0.15, 0.2) is 36.9 Å². The first kappa shape index (κ1) is 15.4. The number of aromatic nitrogens is 3. The Morgan fingerprint density at radius 1 is 1.14 bits per heavy atom. The van der Waals surface area contributed by atoms with E-state index in [1.165, 1.54) is 0 Å². The Morgan fingerprint density at radius 2 is 1.95 bits per heavy atom. The van der Waals surface area contributed by atoms with Crippen molar-refractivity contribution < 1.29 is 4.74 Å². The number of rotatable bonds is 8. The Morgan fingerprint density at radius 3 is 2.67 bits per heavy atom. The summed E-state index contributed by atoms with van der Waals surface area (Å²) in [6, 6.07) is 3.76. The van der Waals surface area contributed by atoms with Crippen LogP contribution in [0.4, 0.5) is 0 Å². The summed E-state index contributed by atoms with van der Waals surface area (Å²) in [4.78, 5) is 13.0. The van der Waals surface area contributed by atoms with Gasteiger partial charge in [-0.1, -0.05) is 13.8 Å². The summed E-state index contributed by atoms with van der Waals surface area (Å²) in [5.74, 6) is 1.54. The molecule has 2 rings (SSSR count). The second kappa shape index (κ2) is 8.32. The molecule has 0 aliphatic rings. The van der Waals surface area contributed by atoms with Crippen molar-refractivity contribution in [3.8, 4) is 5.75 Å². The van der Waals surface area contributed by atoms with E-state index in [1.54, 1.807) is 18.6 Å². The van der Waals surface area contributed by atoms with Gasteiger partial charge in [-0.05, 0) is 37.1 Å². The van der Waals surface area contributed by atoms with Crippen LogP contribution in [-0.4, -0.2) is 28.1 Å². The van der Waals surface area contributed by atoms with Crippen LogP contribution in [0.3, 0.4) is 0 Å². The first-order valence-electron chi connectivity index (χ1n) is 7.43. The minimum absolute atomic E-state index is 0.0659. The van der Waals surface area contributed by atoms with E-state index in [0.717, 1.165) is 36.5 Å². The smallest absolute Gasteiger partial charge is 0.149 e. The Labute approximate surface area is 125 Å². The molecule has 0 aliphatic carbocycles. The van der Waals surface area contributed by atoms with Crippen molar-refractivity contribution in [1.29, 1.82) is 0 Å². The maximum Gasteiger partial charge on any atom is 0.149 e. The molecule has 0 aromatic carbocycles. The third-order valence-corrected chi connectivity index (χ3v) is 2.98. The summed E-state index contributed by atoms with van der Waals surface area (Å²) in [6.07, 6.45) is 9.11. The highest BCUT2D eigenvalue weighted by Gasteiger charge is 2.17. The van der Waals surface area contributed by atoms with Crippen LogP contribution in [0, 0.1) is 0 Å². The first-order chi connectivity index (χ1) is 10.3. The summed E-state index contributed by atoms with van der Waals surface area (Å²) in [5.41, 5.74) is 1.02. The van der Waals surface area contributed by atoms with Crippen LogP contribution in [0.1, 0.15) is 44.1 Å². The third kappa shape index (κ3) is 4.49. The number of nitrogens with zero attached hydrogens (tertiary/aromatic N) is 3. The third-order valence-electron chi connectivity index (χ3n) is 2.98. The van der Waals surface area contributed by atoms with Gasteiger partial charge in [0.2, 0.25) is 0 Å². The minimum atomic E-state index is -0.0659. The molecule has 0 amide bonds. The van der Waals surface area contributed by atoms with E-state index >= 15 is 0 Å². The molecule has 2 heterocycles. The van der Waals surface area contributed by atoms with Crippen LogP contribution < -0.4 is 10.1 Å². The lowest BCUT2D eigenvalue weighted by Crippen LogP contribution is -2.25. The molecule has 21 heavy (non-hydrogen) atoms. The molecular weight excluding hydrogens is 264 g/mol. The van der Waals surface area contributed by atoms with E-state index in [1.807, 2.05) is 18.3 Å². The van der Waals surface area contributed by atoms with Crippen LogP contribution in [0.5, 0.6) is 5.75 Å². The average Bonchev–Trinajstić information content (AvgIpc) is 2.55. The quantitative estimate of drug-likeness (QED) is 0.808. The fourth-order valence-electron chi connectivity index (χ4n) is 2.00. The molecule has 0 radical (unpaired) electrons. The van der Waals surface area contributed by atoms with Crippen LogP contribution in [0.2, 0.25) is 0 Å². The molecule has 0 bridgehead atoms. The molecule has 5 heteroatoms. The molecule has 1 unspecified atom stereocenters. The molecule has 1 atom stereocenters. The van der Waals surface area contributed by atoms with Crippen LogP contribution >= 0.6 is 0 Å². The minimum Gasteiger partial charge on any atom is -0.492 e. The monoisotopic (exact) mass is 286 g/mol. The number of ether oxygens (including phenoxy) is 1. The molecule has 0 spiro atoms. The predicted molar refractivity (Wildman–Crippen MR) is 82.2 cm³/mol. The second-order valence-corrected chi connectivity index (χ2v) is 4.80. The predicted octanol–water partition coefficient (Wildman–Crippen LogP) is 2.75. The molecule has 5 nitrogen and oxygen atoms in total. The average molecular weight is 286 g/mol. The summed E-state index contributed by atoms with van der Waals surface area (Å²) in [7, 11) is 0. The zero-order valence-corrected chi connectivity index (χ0v) is 12.6. The van der Waals surface area contributed by atoms with Gasteiger partial charge in [0.15, 0.2) is 0 Å². The fraction of sp³-hybridized carbons (Fsp3) is 0.438. The second-order valence-electron chi connectivity index (χ2n) is 4.80. The lowest BCUT2D eigenvalue weighted by molar-refractivity contribution is 0.315. The molecule has 0 fully saturated rings. The van der Waals surface area contributed by atoms with Gasteiger partial charge in [-0.25, -0.2) is 9.97 Å². The number of pyridine rings is 1. The van der Waals surface area contributed by atoms with Crippen molar-refractivity contribution in [3.05, 3.63) is 48.3 Å². The molecule has 1 N–H and O–H groups in total. The van der Waals surface area contributed by atoms with Crippen molar-refractivity contribution in [2.75, 3.05) is 13.2 Å². The number of nitrogens with one attached hydrogen (secondary N) is 1. The standard InChI is InChI=1S/C16H22N4O/c1-3-6-18-15(16-19-7-5-8-20-16)13-10-14(12-17-11-13)21-9-4-2/h5,7-8,10-12,15,18H,3-4,6,9H2,1-2H3. The Kier molecular flexibility index (Phi) is 6.09. The Bertz CT molecular complexity index is 533. The summed E-state index contributed by atoms with van der Waals surface area (Å²) < 4.78 is 5.66.